The number of hydrogen-bond acceptors (Lipinski definition) is 5. The minimum absolute atomic E-state index is 0.0132. The van der Waals surface area contributed by atoms with Crippen LogP contribution in [0.25, 0.3) is 0 Å². The van der Waals surface area contributed by atoms with E-state index in [1.54, 1.807) is 7.05 Å². The quantitative estimate of drug-likeness (QED) is 0.756. The van der Waals surface area contributed by atoms with E-state index < -0.39 is 0 Å². The molecule has 1 aliphatic carbocycles. The van der Waals surface area contributed by atoms with Crippen LogP contribution in [0.3, 0.4) is 0 Å². The molecule has 0 spiro atoms. The number of aryl methyl sites for hydroxylation is 1. The maximum Gasteiger partial charge on any atom is 0.233 e. The molecule has 2 amide bonds. The molecular formula is C14H22N6O2. The Kier molecular flexibility index (Phi) is 4.37. The van der Waals surface area contributed by atoms with E-state index in [2.05, 4.69) is 25.6 Å². The lowest BCUT2D eigenvalue weighted by molar-refractivity contribution is -0.135. The van der Waals surface area contributed by atoms with Crippen molar-refractivity contribution in [3.05, 3.63) is 11.4 Å². The van der Waals surface area contributed by atoms with Crippen LogP contribution in [0.4, 0.5) is 0 Å². The van der Waals surface area contributed by atoms with E-state index in [0.29, 0.717) is 19.6 Å². The van der Waals surface area contributed by atoms with Gasteiger partial charge in [0.25, 0.3) is 0 Å². The summed E-state index contributed by atoms with van der Waals surface area (Å²) in [6.45, 7) is 3.20. The monoisotopic (exact) mass is 306 g/mol. The highest BCUT2D eigenvalue weighted by atomic mass is 16.2. The van der Waals surface area contributed by atoms with Crippen LogP contribution in [0, 0.1) is 0 Å². The Morgan fingerprint density at radius 1 is 1.27 bits per heavy atom. The van der Waals surface area contributed by atoms with Crippen molar-refractivity contribution in [3.63, 3.8) is 0 Å². The van der Waals surface area contributed by atoms with E-state index >= 15 is 0 Å². The van der Waals surface area contributed by atoms with Crippen LogP contribution in [0.5, 0.6) is 0 Å². The molecule has 1 aromatic rings. The predicted octanol–water partition coefficient (Wildman–Crippen LogP) is -0.885. The summed E-state index contributed by atoms with van der Waals surface area (Å²) in [5.74, 6) is 0.00160. The Hall–Kier alpha value is -1.96. The van der Waals surface area contributed by atoms with Crippen LogP contribution in [0.15, 0.2) is 0 Å². The standard InChI is InChI=1S/C14H22N6O2/c1-15-12(21)9-19-5-7-20(8-6-19)14(22)10-3-2-4-11-13(10)17-18-16-11/h10H,2-9H2,1H3,(H,15,21)(H,16,17,18). The van der Waals surface area contributed by atoms with Gasteiger partial charge in [0.1, 0.15) is 0 Å². The van der Waals surface area contributed by atoms with Crippen molar-refractivity contribution >= 4 is 11.8 Å². The number of nitrogens with one attached hydrogen (secondary N) is 2. The van der Waals surface area contributed by atoms with Crippen molar-refractivity contribution in [3.8, 4) is 0 Å². The van der Waals surface area contributed by atoms with Gasteiger partial charge in [0.05, 0.1) is 23.9 Å². The van der Waals surface area contributed by atoms with E-state index in [-0.39, 0.29) is 17.7 Å². The summed E-state index contributed by atoms with van der Waals surface area (Å²) in [6.07, 6.45) is 2.72. The van der Waals surface area contributed by atoms with Gasteiger partial charge in [0.15, 0.2) is 0 Å². The van der Waals surface area contributed by atoms with E-state index in [4.69, 9.17) is 0 Å². The molecule has 0 saturated carbocycles. The molecule has 3 rings (SSSR count). The zero-order valence-corrected chi connectivity index (χ0v) is 12.8. The summed E-state index contributed by atoms with van der Waals surface area (Å²) >= 11 is 0. The number of carbonyl (C=O) groups is 2. The fourth-order valence-electron chi connectivity index (χ4n) is 3.20. The molecule has 120 valence electrons. The number of rotatable bonds is 3. The largest absolute Gasteiger partial charge is 0.358 e. The second kappa shape index (κ2) is 6.43. The zero-order chi connectivity index (χ0) is 15.5. The lowest BCUT2D eigenvalue weighted by Crippen LogP contribution is -2.52. The van der Waals surface area contributed by atoms with E-state index in [1.807, 2.05) is 4.90 Å². The lowest BCUT2D eigenvalue weighted by atomic mass is 9.88. The number of nitrogens with zero attached hydrogens (tertiary/aromatic N) is 4. The Morgan fingerprint density at radius 3 is 2.77 bits per heavy atom. The van der Waals surface area contributed by atoms with E-state index in [0.717, 1.165) is 43.7 Å². The summed E-state index contributed by atoms with van der Waals surface area (Å²) in [5, 5.41) is 13.6. The summed E-state index contributed by atoms with van der Waals surface area (Å²) in [4.78, 5) is 28.1. The summed E-state index contributed by atoms with van der Waals surface area (Å²) in [7, 11) is 1.64. The molecule has 2 N–H and O–H groups in total. The molecular weight excluding hydrogens is 284 g/mol. The molecule has 1 fully saturated rings. The van der Waals surface area contributed by atoms with Gasteiger partial charge in [-0.05, 0) is 19.3 Å². The van der Waals surface area contributed by atoms with Crippen LogP contribution in [0.1, 0.15) is 30.1 Å². The molecule has 0 radical (unpaired) electrons. The highest BCUT2D eigenvalue weighted by Gasteiger charge is 2.34. The van der Waals surface area contributed by atoms with Crippen molar-refractivity contribution in [2.75, 3.05) is 39.8 Å². The first-order valence-electron chi connectivity index (χ1n) is 7.80. The van der Waals surface area contributed by atoms with Crippen LogP contribution in [-0.4, -0.2) is 76.8 Å². The van der Waals surface area contributed by atoms with Crippen molar-refractivity contribution in [1.29, 1.82) is 0 Å². The third-order valence-electron chi connectivity index (χ3n) is 4.52. The summed E-state index contributed by atoms with van der Waals surface area (Å²) < 4.78 is 0. The minimum Gasteiger partial charge on any atom is -0.358 e. The number of likely N-dealkylation sites (N-methyl/N-ethyl adjacent to an activating group) is 1. The molecule has 2 heterocycles. The normalized spacial score (nSPS) is 22.2. The molecule has 0 aromatic carbocycles. The van der Waals surface area contributed by atoms with Gasteiger partial charge in [-0.1, -0.05) is 0 Å². The SMILES string of the molecule is CNC(=O)CN1CCN(C(=O)C2CCCc3n[nH]nc32)CC1. The molecule has 1 atom stereocenters. The molecule has 8 heteroatoms. The molecule has 1 saturated heterocycles. The third-order valence-corrected chi connectivity index (χ3v) is 4.52. The second-order valence-corrected chi connectivity index (χ2v) is 5.87. The average molecular weight is 306 g/mol. The first kappa shape index (κ1) is 15.0. The molecule has 0 bridgehead atoms. The molecule has 2 aliphatic rings. The predicted molar refractivity (Wildman–Crippen MR) is 79.1 cm³/mol. The highest BCUT2D eigenvalue weighted by Crippen LogP contribution is 2.30. The molecule has 8 nitrogen and oxygen atoms in total. The molecule has 1 aliphatic heterocycles. The van der Waals surface area contributed by atoms with Gasteiger partial charge in [0, 0.05) is 33.2 Å². The molecule has 1 unspecified atom stereocenters. The van der Waals surface area contributed by atoms with Crippen LogP contribution < -0.4 is 5.32 Å². The molecule has 22 heavy (non-hydrogen) atoms. The maximum atomic E-state index is 12.7. The molecule has 1 aromatic heterocycles. The van der Waals surface area contributed by atoms with Gasteiger partial charge in [-0.15, -0.1) is 0 Å². The first-order chi connectivity index (χ1) is 10.7. The van der Waals surface area contributed by atoms with Crippen LogP contribution >= 0.6 is 0 Å². The van der Waals surface area contributed by atoms with Gasteiger partial charge >= 0.3 is 0 Å². The Morgan fingerprint density at radius 2 is 2.05 bits per heavy atom. The Labute approximate surface area is 129 Å². The lowest BCUT2D eigenvalue weighted by Gasteiger charge is -2.36. The smallest absolute Gasteiger partial charge is 0.233 e. The van der Waals surface area contributed by atoms with E-state index in [9.17, 15) is 9.59 Å². The number of hydrogen-bond donors (Lipinski definition) is 2. The summed E-state index contributed by atoms with van der Waals surface area (Å²) in [6, 6.07) is 0. The fourth-order valence-corrected chi connectivity index (χ4v) is 3.20. The number of aromatic nitrogens is 3. The van der Waals surface area contributed by atoms with Crippen molar-refractivity contribution in [2.24, 2.45) is 0 Å². The maximum absolute atomic E-state index is 12.7. The van der Waals surface area contributed by atoms with Gasteiger partial charge in [0.2, 0.25) is 11.8 Å². The average Bonchev–Trinajstić information content (AvgIpc) is 3.03. The second-order valence-electron chi connectivity index (χ2n) is 5.87. The number of fused-ring (bicyclic) bond motifs is 1. The van der Waals surface area contributed by atoms with Crippen LogP contribution in [0.2, 0.25) is 0 Å². The van der Waals surface area contributed by atoms with Crippen molar-refractivity contribution in [1.82, 2.24) is 30.5 Å². The van der Waals surface area contributed by atoms with Gasteiger partial charge < -0.3 is 10.2 Å². The minimum atomic E-state index is -0.159. The van der Waals surface area contributed by atoms with Crippen LogP contribution in [-0.2, 0) is 16.0 Å². The summed E-state index contributed by atoms with van der Waals surface area (Å²) in [5.41, 5.74) is 1.76. The number of H-pyrrole nitrogens is 1. The van der Waals surface area contributed by atoms with Crippen molar-refractivity contribution < 1.29 is 9.59 Å². The van der Waals surface area contributed by atoms with Gasteiger partial charge in [-0.3, -0.25) is 14.5 Å². The topological polar surface area (TPSA) is 94.2 Å². The van der Waals surface area contributed by atoms with E-state index in [1.165, 1.54) is 0 Å². The Bertz CT molecular complexity index is 549. The number of piperazine rings is 1. The number of aromatic amines is 1. The number of carbonyl (C=O) groups excluding carboxylic acids is 2. The fraction of sp³-hybridized carbons (Fsp3) is 0.714. The number of amides is 2. The third kappa shape index (κ3) is 2.96. The highest BCUT2D eigenvalue weighted by molar-refractivity contribution is 5.84. The first-order valence-corrected chi connectivity index (χ1v) is 7.80. The van der Waals surface area contributed by atoms with Gasteiger partial charge in [-0.2, -0.15) is 15.4 Å². The Balaban J connectivity index is 1.58. The van der Waals surface area contributed by atoms with Gasteiger partial charge in [-0.25, -0.2) is 0 Å². The zero-order valence-electron chi connectivity index (χ0n) is 12.8. The van der Waals surface area contributed by atoms with Crippen molar-refractivity contribution in [2.45, 2.75) is 25.2 Å².